The third-order valence-electron chi connectivity index (χ3n) is 4.06. The van der Waals surface area contributed by atoms with Crippen molar-refractivity contribution in [3.05, 3.63) is 28.2 Å². The Labute approximate surface area is 136 Å². The molecule has 0 aliphatic heterocycles. The first-order valence-electron chi connectivity index (χ1n) is 7.83. The molecule has 0 spiro atoms. The molecule has 0 radical (unpaired) electrons. The summed E-state index contributed by atoms with van der Waals surface area (Å²) in [6.45, 7) is 4.79. The lowest BCUT2D eigenvalue weighted by Crippen LogP contribution is -2.23. The topological polar surface area (TPSA) is 30.5 Å². The number of hydrogen-bond donors (Lipinski definition) is 1. The second kappa shape index (κ2) is 8.76. The van der Waals surface area contributed by atoms with E-state index in [9.17, 15) is 0 Å². The van der Waals surface area contributed by atoms with E-state index in [1.807, 2.05) is 0 Å². The highest BCUT2D eigenvalue weighted by Crippen LogP contribution is 2.31. The van der Waals surface area contributed by atoms with Crippen molar-refractivity contribution in [3.63, 3.8) is 0 Å². The van der Waals surface area contributed by atoms with E-state index in [1.165, 1.54) is 31.2 Å². The lowest BCUT2D eigenvalue weighted by atomic mass is 9.89. The summed E-state index contributed by atoms with van der Waals surface area (Å²) in [5.74, 6) is 1.82. The summed E-state index contributed by atoms with van der Waals surface area (Å²) in [4.78, 5) is 0. The maximum absolute atomic E-state index is 6.15. The summed E-state index contributed by atoms with van der Waals surface area (Å²) in [5.41, 5.74) is 1.25. The lowest BCUT2D eigenvalue weighted by molar-refractivity contribution is 0.134. The maximum atomic E-state index is 6.15. The van der Waals surface area contributed by atoms with Crippen molar-refractivity contribution in [1.29, 1.82) is 0 Å². The summed E-state index contributed by atoms with van der Waals surface area (Å²) >= 11 is 3.63. The fraction of sp³-hybridized carbons (Fsp3) is 0.647. The molecule has 1 aliphatic rings. The Morgan fingerprint density at radius 2 is 2.00 bits per heavy atom. The number of methoxy groups -OCH3 is 1. The first-order chi connectivity index (χ1) is 10.2. The van der Waals surface area contributed by atoms with Gasteiger partial charge in [0.25, 0.3) is 0 Å². The molecular formula is C17H26BrNO2. The summed E-state index contributed by atoms with van der Waals surface area (Å²) in [6, 6.07) is 6.35. The van der Waals surface area contributed by atoms with Gasteiger partial charge in [-0.3, -0.25) is 0 Å². The first kappa shape index (κ1) is 16.8. The number of rotatable bonds is 7. The summed E-state index contributed by atoms with van der Waals surface area (Å²) in [5, 5.41) is 3.35. The van der Waals surface area contributed by atoms with Crippen molar-refractivity contribution >= 4 is 15.9 Å². The molecule has 0 bridgehead atoms. The average Bonchev–Trinajstić information content (AvgIpc) is 2.48. The Kier molecular flexibility index (Phi) is 7.00. The molecule has 1 fully saturated rings. The second-order valence-corrected chi connectivity index (χ2v) is 6.79. The summed E-state index contributed by atoms with van der Waals surface area (Å²) < 4.78 is 12.2. The SMILES string of the molecule is COCCNCc1ccc(OC2CCC(C)CC2)c(Br)c1. The Bertz CT molecular complexity index is 431. The van der Waals surface area contributed by atoms with Crippen LogP contribution in [0.25, 0.3) is 0 Å². The Morgan fingerprint density at radius 1 is 1.24 bits per heavy atom. The molecule has 1 aromatic carbocycles. The molecule has 4 heteroatoms. The van der Waals surface area contributed by atoms with E-state index in [2.05, 4.69) is 46.4 Å². The van der Waals surface area contributed by atoms with E-state index < -0.39 is 0 Å². The van der Waals surface area contributed by atoms with Crippen molar-refractivity contribution in [3.8, 4) is 5.75 Å². The van der Waals surface area contributed by atoms with Gasteiger partial charge in [0.05, 0.1) is 17.2 Å². The van der Waals surface area contributed by atoms with Gasteiger partial charge >= 0.3 is 0 Å². The fourth-order valence-electron chi connectivity index (χ4n) is 2.68. The minimum atomic E-state index is 0.378. The molecule has 3 nitrogen and oxygen atoms in total. The molecule has 0 aromatic heterocycles. The Balaban J connectivity index is 1.84. The number of halogens is 1. The van der Waals surface area contributed by atoms with Gasteiger partial charge in [-0.15, -0.1) is 0 Å². The molecule has 1 aliphatic carbocycles. The van der Waals surface area contributed by atoms with Gasteiger partial charge in [-0.1, -0.05) is 13.0 Å². The van der Waals surface area contributed by atoms with Crippen LogP contribution in [0, 0.1) is 5.92 Å². The highest BCUT2D eigenvalue weighted by Gasteiger charge is 2.20. The van der Waals surface area contributed by atoms with Crippen LogP contribution in [-0.4, -0.2) is 26.4 Å². The van der Waals surface area contributed by atoms with Crippen LogP contribution < -0.4 is 10.1 Å². The van der Waals surface area contributed by atoms with Gasteiger partial charge < -0.3 is 14.8 Å². The molecule has 1 N–H and O–H groups in total. The first-order valence-corrected chi connectivity index (χ1v) is 8.63. The number of hydrogen-bond acceptors (Lipinski definition) is 3. The number of ether oxygens (including phenoxy) is 2. The molecule has 2 rings (SSSR count). The van der Waals surface area contributed by atoms with Crippen LogP contribution in [0.3, 0.4) is 0 Å². The fourth-order valence-corrected chi connectivity index (χ4v) is 3.20. The summed E-state index contributed by atoms with van der Waals surface area (Å²) in [6.07, 6.45) is 5.29. The Morgan fingerprint density at radius 3 is 2.67 bits per heavy atom. The zero-order chi connectivity index (χ0) is 15.1. The van der Waals surface area contributed by atoms with Crippen molar-refractivity contribution in [1.82, 2.24) is 5.32 Å². The predicted molar refractivity (Wildman–Crippen MR) is 89.8 cm³/mol. The third kappa shape index (κ3) is 5.61. The van der Waals surface area contributed by atoms with Gasteiger partial charge in [0.1, 0.15) is 5.75 Å². The van der Waals surface area contributed by atoms with Gasteiger partial charge in [-0.25, -0.2) is 0 Å². The van der Waals surface area contributed by atoms with Crippen molar-refractivity contribution in [2.75, 3.05) is 20.3 Å². The second-order valence-electron chi connectivity index (χ2n) is 5.93. The molecule has 0 atom stereocenters. The normalized spacial score (nSPS) is 22.2. The van der Waals surface area contributed by atoms with E-state index in [0.717, 1.165) is 35.8 Å². The van der Waals surface area contributed by atoms with E-state index in [1.54, 1.807) is 7.11 Å². The molecular weight excluding hydrogens is 330 g/mol. The zero-order valence-electron chi connectivity index (χ0n) is 13.0. The lowest BCUT2D eigenvalue weighted by Gasteiger charge is -2.27. The van der Waals surface area contributed by atoms with Crippen LogP contribution in [0.5, 0.6) is 5.75 Å². The standard InChI is InChI=1S/C17H26BrNO2/c1-13-3-6-15(7-4-13)21-17-8-5-14(11-16(17)18)12-19-9-10-20-2/h5,8,11,13,15,19H,3-4,6-7,9-10,12H2,1-2H3. The summed E-state index contributed by atoms with van der Waals surface area (Å²) in [7, 11) is 1.72. The molecule has 1 aromatic rings. The van der Waals surface area contributed by atoms with Crippen molar-refractivity contribution in [2.45, 2.75) is 45.3 Å². The van der Waals surface area contributed by atoms with Gasteiger partial charge in [0.15, 0.2) is 0 Å². The van der Waals surface area contributed by atoms with Gasteiger partial charge in [-0.2, -0.15) is 0 Å². The van der Waals surface area contributed by atoms with Gasteiger partial charge in [-0.05, 0) is 65.2 Å². The van der Waals surface area contributed by atoms with E-state index in [4.69, 9.17) is 9.47 Å². The van der Waals surface area contributed by atoms with E-state index in [-0.39, 0.29) is 0 Å². The monoisotopic (exact) mass is 355 g/mol. The Hall–Kier alpha value is -0.580. The quantitative estimate of drug-likeness (QED) is 0.745. The van der Waals surface area contributed by atoms with Crippen LogP contribution in [0.2, 0.25) is 0 Å². The van der Waals surface area contributed by atoms with Crippen LogP contribution >= 0.6 is 15.9 Å². The number of benzene rings is 1. The van der Waals surface area contributed by atoms with Crippen LogP contribution in [0.15, 0.2) is 22.7 Å². The van der Waals surface area contributed by atoms with Crippen molar-refractivity contribution < 1.29 is 9.47 Å². The zero-order valence-corrected chi connectivity index (χ0v) is 14.6. The molecule has 21 heavy (non-hydrogen) atoms. The third-order valence-corrected chi connectivity index (χ3v) is 4.68. The van der Waals surface area contributed by atoms with Crippen molar-refractivity contribution in [2.24, 2.45) is 5.92 Å². The molecule has 118 valence electrons. The predicted octanol–water partition coefficient (Wildman–Crippen LogP) is 4.14. The smallest absolute Gasteiger partial charge is 0.133 e. The molecule has 0 amide bonds. The van der Waals surface area contributed by atoms with E-state index >= 15 is 0 Å². The van der Waals surface area contributed by atoms with Crippen LogP contribution in [0.1, 0.15) is 38.2 Å². The van der Waals surface area contributed by atoms with E-state index in [0.29, 0.717) is 6.10 Å². The minimum Gasteiger partial charge on any atom is -0.489 e. The largest absolute Gasteiger partial charge is 0.489 e. The molecule has 0 heterocycles. The highest BCUT2D eigenvalue weighted by molar-refractivity contribution is 9.10. The van der Waals surface area contributed by atoms with Gasteiger partial charge in [0.2, 0.25) is 0 Å². The average molecular weight is 356 g/mol. The van der Waals surface area contributed by atoms with Gasteiger partial charge in [0, 0.05) is 20.2 Å². The molecule has 0 unspecified atom stereocenters. The molecule has 0 saturated heterocycles. The number of nitrogens with one attached hydrogen (secondary N) is 1. The van der Waals surface area contributed by atoms with Crippen LogP contribution in [0.4, 0.5) is 0 Å². The minimum absolute atomic E-state index is 0.378. The molecule has 1 saturated carbocycles. The maximum Gasteiger partial charge on any atom is 0.133 e. The van der Waals surface area contributed by atoms with Crippen LogP contribution in [-0.2, 0) is 11.3 Å². The highest BCUT2D eigenvalue weighted by atomic mass is 79.9.